The quantitative estimate of drug-likeness (QED) is 0.450. The predicted molar refractivity (Wildman–Crippen MR) is 86.0 cm³/mol. The molecule has 0 atom stereocenters. The fraction of sp³-hybridized carbons (Fsp3) is 0.733. The Bertz CT molecular complexity index is 357. The molecule has 21 heavy (non-hydrogen) atoms. The highest BCUT2D eigenvalue weighted by Crippen LogP contribution is 2.20. The number of carbonyl (C=O) groups excluding carboxylic acids is 2. The van der Waals surface area contributed by atoms with Crippen LogP contribution >= 0.6 is 0 Å². The van der Waals surface area contributed by atoms with Crippen LogP contribution in [0.5, 0.6) is 0 Å². The molecule has 0 aliphatic carbocycles. The first kappa shape index (κ1) is 19.7. The monoisotopic (exact) mass is 295 g/mol. The summed E-state index contributed by atoms with van der Waals surface area (Å²) in [5.74, 6) is -0.117. The molecule has 0 aromatic carbocycles. The number of rotatable bonds is 11. The van der Waals surface area contributed by atoms with Gasteiger partial charge < -0.3 is 15.3 Å². The van der Waals surface area contributed by atoms with Gasteiger partial charge in [-0.2, -0.15) is 7.48 Å². The molecular weight excluding hydrogens is 267 g/mol. The maximum Gasteiger partial charge on any atom is 0.221 e. The Morgan fingerprint density at radius 3 is 2.29 bits per heavy atom. The molecule has 0 aromatic heterocycles. The number of hydrogen-bond donors (Lipinski definition) is 2. The topological polar surface area (TPSA) is 67.4 Å². The standard InChI is InChI=1S/C15H28BN2O3/c1-12(2)6-8-17-13(19)7-9-18-14(20)10-15(3,4)11-21-16-5/h1,6-11H2,2-5H3,(H,17,19)(H,18,20)/q-1. The van der Waals surface area contributed by atoms with E-state index in [-0.39, 0.29) is 17.2 Å². The Hall–Kier alpha value is -1.30. The molecule has 0 saturated heterocycles. The van der Waals surface area contributed by atoms with Gasteiger partial charge in [-0.25, -0.2) is 6.82 Å². The van der Waals surface area contributed by atoms with Crippen LogP contribution in [0, 0.1) is 5.41 Å². The Morgan fingerprint density at radius 1 is 1.14 bits per heavy atom. The predicted octanol–water partition coefficient (Wildman–Crippen LogP) is 1.68. The van der Waals surface area contributed by atoms with Gasteiger partial charge >= 0.3 is 0 Å². The van der Waals surface area contributed by atoms with E-state index in [1.165, 1.54) is 0 Å². The van der Waals surface area contributed by atoms with E-state index in [2.05, 4.69) is 17.2 Å². The molecule has 2 radical (unpaired) electrons. The molecule has 0 bridgehead atoms. The normalized spacial score (nSPS) is 11.0. The fourth-order valence-electron chi connectivity index (χ4n) is 1.68. The Balaban J connectivity index is 3.78. The largest absolute Gasteiger partial charge is 0.661 e. The molecule has 0 fully saturated rings. The van der Waals surface area contributed by atoms with Crippen LogP contribution in [0.1, 0.15) is 40.0 Å². The van der Waals surface area contributed by atoms with E-state index in [4.69, 9.17) is 4.65 Å². The zero-order valence-corrected chi connectivity index (χ0v) is 13.8. The van der Waals surface area contributed by atoms with Gasteiger partial charge in [0.05, 0.1) is 0 Å². The van der Waals surface area contributed by atoms with Crippen molar-refractivity contribution in [3.05, 3.63) is 12.2 Å². The number of carbonyl (C=O) groups is 2. The van der Waals surface area contributed by atoms with Gasteiger partial charge in [0, 0.05) is 32.5 Å². The summed E-state index contributed by atoms with van der Waals surface area (Å²) in [6, 6.07) is 0. The van der Waals surface area contributed by atoms with Crippen molar-refractivity contribution in [1.29, 1.82) is 0 Å². The molecule has 0 aliphatic rings. The summed E-state index contributed by atoms with van der Waals surface area (Å²) in [4.78, 5) is 23.3. The van der Waals surface area contributed by atoms with Gasteiger partial charge in [0.15, 0.2) is 0 Å². The van der Waals surface area contributed by atoms with Gasteiger partial charge in [0.25, 0.3) is 0 Å². The first-order valence-electron chi connectivity index (χ1n) is 7.34. The summed E-state index contributed by atoms with van der Waals surface area (Å²) >= 11 is 0. The average Bonchev–Trinajstić information content (AvgIpc) is 2.35. The second-order valence-corrected chi connectivity index (χ2v) is 6.04. The third-order valence-corrected chi connectivity index (χ3v) is 2.83. The first-order valence-corrected chi connectivity index (χ1v) is 7.34. The molecule has 2 amide bonds. The highest BCUT2D eigenvalue weighted by Gasteiger charge is 2.20. The lowest BCUT2D eigenvalue weighted by Crippen LogP contribution is -2.34. The molecular formula is C15H28BN2O3-. The van der Waals surface area contributed by atoms with E-state index in [1.807, 2.05) is 27.6 Å². The summed E-state index contributed by atoms with van der Waals surface area (Å²) in [7, 11) is 1.62. The molecule has 6 heteroatoms. The lowest BCUT2D eigenvalue weighted by atomic mass is 9.89. The molecule has 0 aliphatic heterocycles. The minimum atomic E-state index is -0.222. The van der Waals surface area contributed by atoms with Crippen molar-refractivity contribution in [1.82, 2.24) is 10.6 Å². The highest BCUT2D eigenvalue weighted by atomic mass is 16.4. The number of amides is 2. The number of nitrogens with one attached hydrogen (secondary N) is 2. The molecule has 120 valence electrons. The second kappa shape index (κ2) is 10.4. The highest BCUT2D eigenvalue weighted by molar-refractivity contribution is 6.24. The van der Waals surface area contributed by atoms with Crippen molar-refractivity contribution in [3.8, 4) is 0 Å². The van der Waals surface area contributed by atoms with Gasteiger partial charge in [-0.3, -0.25) is 9.59 Å². The van der Waals surface area contributed by atoms with E-state index in [1.54, 1.807) is 7.48 Å². The van der Waals surface area contributed by atoms with E-state index in [0.717, 1.165) is 12.0 Å². The lowest BCUT2D eigenvalue weighted by molar-refractivity contribution is -0.124. The van der Waals surface area contributed by atoms with Crippen molar-refractivity contribution in [2.24, 2.45) is 5.41 Å². The van der Waals surface area contributed by atoms with E-state index in [0.29, 0.717) is 32.5 Å². The van der Waals surface area contributed by atoms with Gasteiger partial charge in [-0.05, 0) is 18.8 Å². The first-order chi connectivity index (χ1) is 9.76. The molecule has 5 nitrogen and oxygen atoms in total. The van der Waals surface area contributed by atoms with Gasteiger partial charge in [-0.1, -0.05) is 19.4 Å². The van der Waals surface area contributed by atoms with E-state index < -0.39 is 0 Å². The fourth-order valence-corrected chi connectivity index (χ4v) is 1.68. The summed E-state index contributed by atoms with van der Waals surface area (Å²) in [6.07, 6.45) is 1.44. The molecule has 0 aromatic rings. The van der Waals surface area contributed by atoms with Gasteiger partial charge in [-0.15, -0.1) is 6.58 Å². The van der Waals surface area contributed by atoms with E-state index >= 15 is 0 Å². The zero-order chi connectivity index (χ0) is 16.3. The van der Waals surface area contributed by atoms with Crippen molar-refractivity contribution < 1.29 is 14.2 Å². The zero-order valence-electron chi connectivity index (χ0n) is 13.8. The van der Waals surface area contributed by atoms with E-state index in [9.17, 15) is 9.59 Å². The summed E-state index contributed by atoms with van der Waals surface area (Å²) in [5, 5.41) is 5.55. The average molecular weight is 295 g/mol. The van der Waals surface area contributed by atoms with Crippen LogP contribution in [0.4, 0.5) is 0 Å². The lowest BCUT2D eigenvalue weighted by Gasteiger charge is -2.28. The third-order valence-electron chi connectivity index (χ3n) is 2.83. The Kier molecular flexibility index (Phi) is 9.79. The smallest absolute Gasteiger partial charge is 0.221 e. The van der Waals surface area contributed by atoms with Crippen LogP contribution in [-0.2, 0) is 14.2 Å². The van der Waals surface area contributed by atoms with Crippen LogP contribution in [0.15, 0.2) is 12.2 Å². The Morgan fingerprint density at radius 2 is 1.71 bits per heavy atom. The molecule has 0 heterocycles. The summed E-state index contributed by atoms with van der Waals surface area (Å²) < 4.78 is 5.23. The van der Waals surface area contributed by atoms with Gasteiger partial charge in [0.1, 0.15) is 0 Å². The van der Waals surface area contributed by atoms with Crippen molar-refractivity contribution in [2.45, 2.75) is 46.9 Å². The van der Waals surface area contributed by atoms with Crippen molar-refractivity contribution in [2.75, 3.05) is 19.7 Å². The summed E-state index contributed by atoms with van der Waals surface area (Å²) in [5.41, 5.74) is 0.817. The number of hydrogen-bond acceptors (Lipinski definition) is 3. The van der Waals surface area contributed by atoms with Crippen LogP contribution in [0.2, 0.25) is 6.82 Å². The summed E-state index contributed by atoms with van der Waals surface area (Å²) in [6.45, 7) is 12.9. The second-order valence-electron chi connectivity index (χ2n) is 6.04. The van der Waals surface area contributed by atoms with Crippen LogP contribution in [-0.4, -0.2) is 39.0 Å². The Labute approximate surface area is 129 Å². The van der Waals surface area contributed by atoms with Gasteiger partial charge in [0.2, 0.25) is 11.8 Å². The van der Waals surface area contributed by atoms with Crippen molar-refractivity contribution >= 4 is 19.3 Å². The molecule has 0 unspecified atom stereocenters. The minimum Gasteiger partial charge on any atom is -0.661 e. The molecule has 2 N–H and O–H groups in total. The molecule has 0 saturated carbocycles. The van der Waals surface area contributed by atoms with Crippen LogP contribution in [0.25, 0.3) is 0 Å². The van der Waals surface area contributed by atoms with Crippen molar-refractivity contribution in [3.63, 3.8) is 0 Å². The third kappa shape index (κ3) is 12.2. The maximum atomic E-state index is 11.8. The SMILES string of the molecule is C=C(C)CCNC(=O)CCNC(=O)CC(C)(C)CO[B-]C. The molecule has 0 spiro atoms. The van der Waals surface area contributed by atoms with Crippen LogP contribution in [0.3, 0.4) is 0 Å². The maximum absolute atomic E-state index is 11.8. The minimum absolute atomic E-state index is 0.0558. The van der Waals surface area contributed by atoms with Crippen LogP contribution < -0.4 is 10.6 Å². The molecule has 0 rings (SSSR count).